The standard InChI is InChI=1S/C14H22N2O/c1-17-10-3-2-8-16-9-7-13-12(11-16)5-4-6-14(13)15/h4-6H,2-3,7-11,15H2,1H3. The second kappa shape index (κ2) is 6.03. The van der Waals surface area contributed by atoms with E-state index in [-0.39, 0.29) is 0 Å². The molecule has 1 aliphatic rings. The summed E-state index contributed by atoms with van der Waals surface area (Å²) in [6, 6.07) is 6.27. The number of nitrogens with zero attached hydrogens (tertiary/aromatic N) is 1. The van der Waals surface area contributed by atoms with Crippen LogP contribution in [0, 0.1) is 0 Å². The molecule has 0 bridgehead atoms. The first-order valence-electron chi connectivity index (χ1n) is 6.39. The van der Waals surface area contributed by atoms with Crippen molar-refractivity contribution < 1.29 is 4.74 Å². The molecule has 0 radical (unpaired) electrons. The van der Waals surface area contributed by atoms with Gasteiger partial charge >= 0.3 is 0 Å². The maximum atomic E-state index is 5.99. The summed E-state index contributed by atoms with van der Waals surface area (Å²) in [5.74, 6) is 0. The lowest BCUT2D eigenvalue weighted by Gasteiger charge is -2.29. The fraction of sp³-hybridized carbons (Fsp3) is 0.571. The Morgan fingerprint density at radius 1 is 1.35 bits per heavy atom. The zero-order valence-corrected chi connectivity index (χ0v) is 10.6. The zero-order chi connectivity index (χ0) is 12.1. The predicted molar refractivity (Wildman–Crippen MR) is 70.9 cm³/mol. The first kappa shape index (κ1) is 12.4. The molecule has 0 atom stereocenters. The average molecular weight is 234 g/mol. The van der Waals surface area contributed by atoms with E-state index in [0.717, 1.165) is 44.8 Å². The summed E-state index contributed by atoms with van der Waals surface area (Å²) in [4.78, 5) is 2.51. The van der Waals surface area contributed by atoms with Gasteiger partial charge < -0.3 is 10.5 Å². The van der Waals surface area contributed by atoms with Gasteiger partial charge in [-0.15, -0.1) is 0 Å². The van der Waals surface area contributed by atoms with Gasteiger partial charge in [0.15, 0.2) is 0 Å². The van der Waals surface area contributed by atoms with Crippen LogP contribution in [0.2, 0.25) is 0 Å². The minimum Gasteiger partial charge on any atom is -0.398 e. The summed E-state index contributed by atoms with van der Waals surface area (Å²) < 4.78 is 5.07. The molecule has 0 amide bonds. The van der Waals surface area contributed by atoms with E-state index in [1.54, 1.807) is 7.11 Å². The number of rotatable bonds is 5. The van der Waals surface area contributed by atoms with Crippen molar-refractivity contribution in [3.05, 3.63) is 29.3 Å². The number of nitrogens with two attached hydrogens (primary N) is 1. The molecule has 17 heavy (non-hydrogen) atoms. The van der Waals surface area contributed by atoms with E-state index in [1.807, 2.05) is 6.07 Å². The lowest BCUT2D eigenvalue weighted by atomic mass is 9.98. The summed E-state index contributed by atoms with van der Waals surface area (Å²) in [6.45, 7) is 4.22. The van der Waals surface area contributed by atoms with E-state index >= 15 is 0 Å². The minimum absolute atomic E-state index is 0.872. The lowest BCUT2D eigenvalue weighted by Crippen LogP contribution is -2.31. The first-order valence-corrected chi connectivity index (χ1v) is 6.39. The van der Waals surface area contributed by atoms with Crippen molar-refractivity contribution in [3.63, 3.8) is 0 Å². The number of anilines is 1. The van der Waals surface area contributed by atoms with Crippen molar-refractivity contribution in [2.75, 3.05) is 32.5 Å². The summed E-state index contributed by atoms with van der Waals surface area (Å²) >= 11 is 0. The molecule has 2 N–H and O–H groups in total. The molecule has 1 aliphatic heterocycles. The molecule has 1 heterocycles. The molecular formula is C14H22N2O. The van der Waals surface area contributed by atoms with Crippen molar-refractivity contribution in [2.45, 2.75) is 25.8 Å². The molecule has 3 nitrogen and oxygen atoms in total. The predicted octanol–water partition coefficient (Wildman–Crippen LogP) is 2.05. The molecule has 0 saturated heterocycles. The number of hydrogen-bond donors (Lipinski definition) is 1. The molecule has 0 fully saturated rings. The lowest BCUT2D eigenvalue weighted by molar-refractivity contribution is 0.181. The third kappa shape index (κ3) is 3.20. The molecular weight excluding hydrogens is 212 g/mol. The molecule has 1 aromatic carbocycles. The maximum Gasteiger partial charge on any atom is 0.0462 e. The van der Waals surface area contributed by atoms with Crippen molar-refractivity contribution in [1.29, 1.82) is 0 Å². The largest absolute Gasteiger partial charge is 0.398 e. The highest BCUT2D eigenvalue weighted by Gasteiger charge is 2.16. The molecule has 0 saturated carbocycles. The highest BCUT2D eigenvalue weighted by molar-refractivity contribution is 5.51. The maximum absolute atomic E-state index is 5.99. The van der Waals surface area contributed by atoms with Gasteiger partial charge in [0.1, 0.15) is 0 Å². The molecule has 1 aromatic rings. The first-order chi connectivity index (χ1) is 8.31. The number of methoxy groups -OCH3 is 1. The Balaban J connectivity index is 1.86. The van der Waals surface area contributed by atoms with Gasteiger partial charge in [0.2, 0.25) is 0 Å². The number of unbranched alkanes of at least 4 members (excludes halogenated alkanes) is 1. The molecule has 0 aromatic heterocycles. The minimum atomic E-state index is 0.872. The van der Waals surface area contributed by atoms with Gasteiger partial charge in [-0.2, -0.15) is 0 Å². The van der Waals surface area contributed by atoms with Gasteiger partial charge in [0, 0.05) is 32.5 Å². The Hall–Kier alpha value is -1.06. The summed E-state index contributed by atoms with van der Waals surface area (Å²) in [7, 11) is 1.76. The number of nitrogen functional groups attached to an aromatic ring is 1. The molecule has 0 aliphatic carbocycles. The number of hydrogen-bond acceptors (Lipinski definition) is 3. The van der Waals surface area contributed by atoms with Crippen molar-refractivity contribution in [3.8, 4) is 0 Å². The third-order valence-electron chi connectivity index (χ3n) is 3.45. The van der Waals surface area contributed by atoms with E-state index in [4.69, 9.17) is 10.5 Å². The molecule has 94 valence electrons. The van der Waals surface area contributed by atoms with E-state index < -0.39 is 0 Å². The van der Waals surface area contributed by atoms with Gasteiger partial charge in [-0.3, -0.25) is 4.90 Å². The summed E-state index contributed by atoms with van der Waals surface area (Å²) in [6.07, 6.45) is 3.45. The summed E-state index contributed by atoms with van der Waals surface area (Å²) in [5.41, 5.74) is 9.72. The molecule has 2 rings (SSSR count). The van der Waals surface area contributed by atoms with Crippen molar-refractivity contribution in [1.82, 2.24) is 4.90 Å². The van der Waals surface area contributed by atoms with Crippen LogP contribution in [0.4, 0.5) is 5.69 Å². The molecule has 0 spiro atoms. The van der Waals surface area contributed by atoms with Crippen LogP contribution in [-0.4, -0.2) is 31.7 Å². The van der Waals surface area contributed by atoms with Gasteiger partial charge in [-0.05, 0) is 43.0 Å². The quantitative estimate of drug-likeness (QED) is 0.626. The second-order valence-electron chi connectivity index (χ2n) is 4.71. The second-order valence-corrected chi connectivity index (χ2v) is 4.71. The molecule has 0 unspecified atom stereocenters. The highest BCUT2D eigenvalue weighted by Crippen LogP contribution is 2.24. The normalized spacial score (nSPS) is 15.8. The van der Waals surface area contributed by atoms with E-state index in [0.29, 0.717) is 0 Å². The molecule has 3 heteroatoms. The van der Waals surface area contributed by atoms with Gasteiger partial charge in [-0.25, -0.2) is 0 Å². The number of ether oxygens (including phenoxy) is 1. The van der Waals surface area contributed by atoms with Crippen LogP contribution in [0.15, 0.2) is 18.2 Å². The Bertz CT molecular complexity index is 365. The fourth-order valence-corrected chi connectivity index (χ4v) is 2.47. The van der Waals surface area contributed by atoms with Gasteiger partial charge in [0.05, 0.1) is 0 Å². The van der Waals surface area contributed by atoms with Crippen LogP contribution in [0.5, 0.6) is 0 Å². The van der Waals surface area contributed by atoms with Crippen molar-refractivity contribution in [2.24, 2.45) is 0 Å². The van der Waals surface area contributed by atoms with Crippen LogP contribution in [0.1, 0.15) is 24.0 Å². The van der Waals surface area contributed by atoms with Crippen LogP contribution in [0.25, 0.3) is 0 Å². The number of fused-ring (bicyclic) bond motifs is 1. The van der Waals surface area contributed by atoms with E-state index in [2.05, 4.69) is 17.0 Å². The smallest absolute Gasteiger partial charge is 0.0462 e. The number of benzene rings is 1. The van der Waals surface area contributed by atoms with E-state index in [1.165, 1.54) is 17.5 Å². The Morgan fingerprint density at radius 3 is 3.06 bits per heavy atom. The SMILES string of the molecule is COCCCCN1CCc2c(N)cccc2C1. The van der Waals surface area contributed by atoms with Crippen LogP contribution in [-0.2, 0) is 17.7 Å². The topological polar surface area (TPSA) is 38.5 Å². The summed E-state index contributed by atoms with van der Waals surface area (Å²) in [5, 5.41) is 0. The van der Waals surface area contributed by atoms with Gasteiger partial charge in [-0.1, -0.05) is 12.1 Å². The highest BCUT2D eigenvalue weighted by atomic mass is 16.5. The third-order valence-corrected chi connectivity index (χ3v) is 3.45. The fourth-order valence-electron chi connectivity index (χ4n) is 2.47. The van der Waals surface area contributed by atoms with Crippen LogP contribution in [0.3, 0.4) is 0 Å². The Kier molecular flexibility index (Phi) is 4.40. The van der Waals surface area contributed by atoms with Crippen LogP contribution >= 0.6 is 0 Å². The monoisotopic (exact) mass is 234 g/mol. The average Bonchev–Trinajstić information content (AvgIpc) is 2.35. The van der Waals surface area contributed by atoms with Gasteiger partial charge in [0.25, 0.3) is 0 Å². The zero-order valence-electron chi connectivity index (χ0n) is 10.6. The Morgan fingerprint density at radius 2 is 2.24 bits per heavy atom. The van der Waals surface area contributed by atoms with Crippen molar-refractivity contribution >= 4 is 5.69 Å². The van der Waals surface area contributed by atoms with Crippen LogP contribution < -0.4 is 5.73 Å². The Labute approximate surface area is 104 Å². The van der Waals surface area contributed by atoms with E-state index in [9.17, 15) is 0 Å².